The molecule has 0 radical (unpaired) electrons. The van der Waals surface area contributed by atoms with Crippen LogP contribution in [0.5, 0.6) is 0 Å². The van der Waals surface area contributed by atoms with Gasteiger partial charge in [0.25, 0.3) is 11.8 Å². The lowest BCUT2D eigenvalue weighted by Crippen LogP contribution is -2.55. The van der Waals surface area contributed by atoms with Crippen molar-refractivity contribution < 1.29 is 23.9 Å². The zero-order valence-electron chi connectivity index (χ0n) is 15.0. The molecule has 0 aromatic heterocycles. The molecule has 7 heteroatoms. The molecule has 0 bridgehead atoms. The Morgan fingerprint density at radius 1 is 1.19 bits per heavy atom. The molecule has 1 spiro atoms. The van der Waals surface area contributed by atoms with Gasteiger partial charge in [0.2, 0.25) is 0 Å². The second-order valence-electron chi connectivity index (χ2n) is 6.80. The lowest BCUT2D eigenvalue weighted by molar-refractivity contribution is -0.150. The van der Waals surface area contributed by atoms with Crippen molar-refractivity contribution in [3.63, 3.8) is 0 Å². The number of ether oxygens (including phenoxy) is 2. The Hall–Kier alpha value is -2.41. The molecule has 1 aromatic rings. The fourth-order valence-electron chi connectivity index (χ4n) is 3.53. The van der Waals surface area contributed by atoms with Gasteiger partial charge in [0.1, 0.15) is 6.61 Å². The smallest absolute Gasteiger partial charge is 0.303 e. The Bertz CT molecular complexity index is 678. The molecule has 2 aliphatic rings. The predicted molar refractivity (Wildman–Crippen MR) is 94.5 cm³/mol. The van der Waals surface area contributed by atoms with Gasteiger partial charge in [-0.05, 0) is 31.4 Å². The van der Waals surface area contributed by atoms with Crippen LogP contribution < -0.4 is 4.90 Å². The highest BCUT2D eigenvalue weighted by atomic mass is 16.5. The number of nitrogens with zero attached hydrogens (tertiary/aromatic N) is 2. The summed E-state index contributed by atoms with van der Waals surface area (Å²) in [6.45, 7) is 2.73. The standard InChI is InChI=1S/C19H24N2O5/c1-15(22)25-12-17(23)20-10-5-8-19(9-11-20)14-21(18(24)13-26-19)16-6-3-2-4-7-16/h2-4,6-7H,5,8-14H2,1H3. The fraction of sp³-hybridized carbons (Fsp3) is 0.526. The maximum absolute atomic E-state index is 12.3. The van der Waals surface area contributed by atoms with E-state index in [0.29, 0.717) is 26.1 Å². The largest absolute Gasteiger partial charge is 0.456 e. The quantitative estimate of drug-likeness (QED) is 0.761. The number of anilines is 1. The molecule has 1 unspecified atom stereocenters. The number of rotatable bonds is 3. The molecule has 1 aromatic carbocycles. The molecular formula is C19H24N2O5. The van der Waals surface area contributed by atoms with Gasteiger partial charge in [-0.15, -0.1) is 0 Å². The molecule has 2 aliphatic heterocycles. The molecule has 3 rings (SSSR count). The van der Waals surface area contributed by atoms with Gasteiger partial charge in [-0.1, -0.05) is 18.2 Å². The van der Waals surface area contributed by atoms with Gasteiger partial charge in [-0.2, -0.15) is 0 Å². The van der Waals surface area contributed by atoms with Crippen LogP contribution in [0.2, 0.25) is 0 Å². The van der Waals surface area contributed by atoms with Crippen LogP contribution >= 0.6 is 0 Å². The van der Waals surface area contributed by atoms with Crippen LogP contribution in [0.1, 0.15) is 26.2 Å². The van der Waals surface area contributed by atoms with Crippen molar-refractivity contribution in [2.75, 3.05) is 37.7 Å². The molecule has 7 nitrogen and oxygen atoms in total. The summed E-state index contributed by atoms with van der Waals surface area (Å²) in [7, 11) is 0. The van der Waals surface area contributed by atoms with Crippen molar-refractivity contribution in [3.05, 3.63) is 30.3 Å². The van der Waals surface area contributed by atoms with Crippen LogP contribution in [0, 0.1) is 0 Å². The van der Waals surface area contributed by atoms with E-state index in [1.54, 1.807) is 9.80 Å². The van der Waals surface area contributed by atoms with E-state index in [9.17, 15) is 14.4 Å². The lowest BCUT2D eigenvalue weighted by Gasteiger charge is -2.42. The van der Waals surface area contributed by atoms with Crippen molar-refractivity contribution in [2.24, 2.45) is 0 Å². The molecule has 140 valence electrons. The van der Waals surface area contributed by atoms with Crippen LogP contribution in [-0.2, 0) is 23.9 Å². The van der Waals surface area contributed by atoms with E-state index in [1.807, 2.05) is 30.3 Å². The number of amides is 2. The number of carbonyl (C=O) groups excluding carboxylic acids is 3. The monoisotopic (exact) mass is 360 g/mol. The normalized spacial score (nSPS) is 23.7. The second kappa shape index (κ2) is 7.86. The molecule has 2 fully saturated rings. The SMILES string of the molecule is CC(=O)OCC(=O)N1CCCC2(CC1)CN(c1ccccc1)C(=O)CO2. The summed E-state index contributed by atoms with van der Waals surface area (Å²) >= 11 is 0. The zero-order valence-corrected chi connectivity index (χ0v) is 15.0. The van der Waals surface area contributed by atoms with Crippen LogP contribution in [0.25, 0.3) is 0 Å². The van der Waals surface area contributed by atoms with Crippen molar-refractivity contribution in [1.82, 2.24) is 4.90 Å². The minimum Gasteiger partial charge on any atom is -0.456 e. The highest BCUT2D eigenvalue weighted by molar-refractivity contribution is 5.95. The molecule has 26 heavy (non-hydrogen) atoms. The summed E-state index contributed by atoms with van der Waals surface area (Å²) in [5.41, 5.74) is 0.424. The molecule has 2 amide bonds. The zero-order chi connectivity index (χ0) is 18.6. The number of benzene rings is 1. The average molecular weight is 360 g/mol. The van der Waals surface area contributed by atoms with E-state index in [4.69, 9.17) is 9.47 Å². The topological polar surface area (TPSA) is 76.2 Å². The maximum Gasteiger partial charge on any atom is 0.303 e. The van der Waals surface area contributed by atoms with E-state index < -0.39 is 11.6 Å². The first kappa shape index (κ1) is 18.4. The predicted octanol–water partition coefficient (Wildman–Crippen LogP) is 1.36. The number of esters is 1. The Kier molecular flexibility index (Phi) is 5.56. The lowest BCUT2D eigenvalue weighted by atomic mass is 9.92. The average Bonchev–Trinajstić information content (AvgIpc) is 2.85. The summed E-state index contributed by atoms with van der Waals surface area (Å²) in [5, 5.41) is 0. The van der Waals surface area contributed by atoms with Crippen LogP contribution in [0.15, 0.2) is 30.3 Å². The van der Waals surface area contributed by atoms with Crippen LogP contribution in [0.4, 0.5) is 5.69 Å². The fourth-order valence-corrected chi connectivity index (χ4v) is 3.53. The van der Waals surface area contributed by atoms with Gasteiger partial charge in [0, 0.05) is 25.7 Å². The molecule has 0 N–H and O–H groups in total. The van der Waals surface area contributed by atoms with E-state index in [-0.39, 0.29) is 25.0 Å². The van der Waals surface area contributed by atoms with Crippen LogP contribution in [0.3, 0.4) is 0 Å². The number of carbonyl (C=O) groups is 3. The molecule has 0 saturated carbocycles. The number of morpholine rings is 1. The highest BCUT2D eigenvalue weighted by Crippen LogP contribution is 2.32. The third-order valence-electron chi connectivity index (χ3n) is 4.97. The number of para-hydroxylation sites is 1. The summed E-state index contributed by atoms with van der Waals surface area (Å²) in [6.07, 6.45) is 2.21. The maximum atomic E-state index is 12.3. The Labute approximate surface area is 152 Å². The third-order valence-corrected chi connectivity index (χ3v) is 4.97. The van der Waals surface area contributed by atoms with Gasteiger partial charge in [0.15, 0.2) is 6.61 Å². The Balaban J connectivity index is 1.66. The minimum atomic E-state index is -0.461. The first-order valence-electron chi connectivity index (χ1n) is 8.90. The van der Waals surface area contributed by atoms with Gasteiger partial charge >= 0.3 is 5.97 Å². The van der Waals surface area contributed by atoms with Gasteiger partial charge in [-0.3, -0.25) is 14.4 Å². The minimum absolute atomic E-state index is 0.0473. The summed E-state index contributed by atoms with van der Waals surface area (Å²) in [4.78, 5) is 38.9. The van der Waals surface area contributed by atoms with Crippen molar-refractivity contribution in [3.8, 4) is 0 Å². The van der Waals surface area contributed by atoms with Crippen molar-refractivity contribution in [2.45, 2.75) is 31.8 Å². The molecule has 2 saturated heterocycles. The molecule has 0 aliphatic carbocycles. The molecule has 2 heterocycles. The first-order chi connectivity index (χ1) is 12.5. The number of hydrogen-bond acceptors (Lipinski definition) is 5. The Morgan fingerprint density at radius 3 is 2.69 bits per heavy atom. The molecule has 1 atom stereocenters. The summed E-state index contributed by atoms with van der Waals surface area (Å²) in [5.74, 6) is -0.699. The van der Waals surface area contributed by atoms with Gasteiger partial charge in [0.05, 0.1) is 12.1 Å². The summed E-state index contributed by atoms with van der Waals surface area (Å²) in [6, 6.07) is 9.58. The molecular weight excluding hydrogens is 336 g/mol. The van der Waals surface area contributed by atoms with E-state index in [2.05, 4.69) is 0 Å². The van der Waals surface area contributed by atoms with E-state index in [1.165, 1.54) is 6.92 Å². The number of likely N-dealkylation sites (tertiary alicyclic amines) is 1. The number of hydrogen-bond donors (Lipinski definition) is 0. The third kappa shape index (κ3) is 4.22. The van der Waals surface area contributed by atoms with Crippen LogP contribution in [-0.4, -0.2) is 61.1 Å². The highest BCUT2D eigenvalue weighted by Gasteiger charge is 2.41. The van der Waals surface area contributed by atoms with Gasteiger partial charge < -0.3 is 19.3 Å². The Morgan fingerprint density at radius 2 is 1.96 bits per heavy atom. The first-order valence-corrected chi connectivity index (χ1v) is 8.90. The van der Waals surface area contributed by atoms with Gasteiger partial charge in [-0.25, -0.2) is 0 Å². The van der Waals surface area contributed by atoms with Crippen molar-refractivity contribution >= 4 is 23.5 Å². The van der Waals surface area contributed by atoms with E-state index in [0.717, 1.165) is 18.5 Å². The summed E-state index contributed by atoms with van der Waals surface area (Å²) < 4.78 is 10.8. The van der Waals surface area contributed by atoms with Crippen molar-refractivity contribution in [1.29, 1.82) is 0 Å². The van der Waals surface area contributed by atoms with E-state index >= 15 is 0 Å². The second-order valence-corrected chi connectivity index (χ2v) is 6.80.